The van der Waals surface area contributed by atoms with E-state index in [9.17, 15) is 13.6 Å². The number of hydrogen-bond donors (Lipinski definition) is 3. The van der Waals surface area contributed by atoms with Gasteiger partial charge in [-0.3, -0.25) is 4.79 Å². The van der Waals surface area contributed by atoms with Crippen molar-refractivity contribution in [3.63, 3.8) is 0 Å². The lowest BCUT2D eigenvalue weighted by molar-refractivity contribution is 0.0844. The molecule has 0 bridgehead atoms. The summed E-state index contributed by atoms with van der Waals surface area (Å²) in [6, 6.07) is 7.65. The lowest BCUT2D eigenvalue weighted by Crippen LogP contribution is -2.34. The normalized spacial score (nSPS) is 15.2. The minimum atomic E-state index is -0.746. The number of amides is 1. The van der Waals surface area contributed by atoms with Crippen molar-refractivity contribution in [2.45, 2.75) is 24.8 Å². The molecule has 1 aliphatic rings. The van der Waals surface area contributed by atoms with Crippen LogP contribution >= 0.6 is 15.9 Å². The minimum absolute atomic E-state index is 0.00641. The van der Waals surface area contributed by atoms with Gasteiger partial charge in [-0.1, -0.05) is 22.0 Å². The molecule has 0 aliphatic carbocycles. The number of rotatable bonds is 6. The highest BCUT2D eigenvalue weighted by molar-refractivity contribution is 9.10. The summed E-state index contributed by atoms with van der Waals surface area (Å²) < 4.78 is 34.7. The van der Waals surface area contributed by atoms with E-state index in [-0.39, 0.29) is 23.8 Å². The van der Waals surface area contributed by atoms with Crippen LogP contribution in [-0.2, 0) is 4.74 Å². The number of nitrogen functional groups attached to an aromatic ring is 1. The van der Waals surface area contributed by atoms with Crippen molar-refractivity contribution in [1.82, 2.24) is 15.3 Å². The fraction of sp³-hybridized carbons (Fsp3) is 0.292. The standard InChI is InChI=1S/C24H24BrF2N5O2/c25-16-7-15(8-17(26)10-16)20(11-28)32-24(33)18-2-1-14(9-19(18)27)22-23(29)30-12-21(31-22)13-3-5-34-6-4-13/h1-2,7-10,12-13,20H,3-6,11,28H2,(H2,29,30)(H,32,33)/t20-/m1/s1. The zero-order chi connectivity index (χ0) is 24.2. The van der Waals surface area contributed by atoms with E-state index in [1.807, 2.05) is 0 Å². The number of nitrogens with zero attached hydrogens (tertiary/aromatic N) is 2. The number of ether oxygens (including phenoxy) is 1. The van der Waals surface area contributed by atoms with E-state index in [1.54, 1.807) is 18.3 Å². The molecule has 5 N–H and O–H groups in total. The lowest BCUT2D eigenvalue weighted by atomic mass is 9.96. The number of hydrogen-bond acceptors (Lipinski definition) is 6. The van der Waals surface area contributed by atoms with Gasteiger partial charge < -0.3 is 21.5 Å². The maximum atomic E-state index is 15.0. The number of aromatic nitrogens is 2. The quantitative estimate of drug-likeness (QED) is 0.441. The first kappa shape index (κ1) is 24.2. The molecule has 2 heterocycles. The second kappa shape index (κ2) is 10.5. The third-order valence-corrected chi connectivity index (χ3v) is 6.23. The van der Waals surface area contributed by atoms with Gasteiger partial charge in [-0.25, -0.2) is 18.7 Å². The van der Waals surface area contributed by atoms with Crippen LogP contribution in [0.1, 0.15) is 46.4 Å². The number of carbonyl (C=O) groups excluding carboxylic acids is 1. The predicted octanol–water partition coefficient (Wildman–Crippen LogP) is 4.09. The lowest BCUT2D eigenvalue weighted by Gasteiger charge is -2.22. The Balaban J connectivity index is 1.56. The highest BCUT2D eigenvalue weighted by Crippen LogP contribution is 2.30. The van der Waals surface area contributed by atoms with Crippen LogP contribution in [0.25, 0.3) is 11.3 Å². The van der Waals surface area contributed by atoms with Crippen molar-refractivity contribution in [1.29, 1.82) is 0 Å². The molecule has 0 saturated carbocycles. The van der Waals surface area contributed by atoms with Crippen LogP contribution in [0.4, 0.5) is 14.6 Å². The number of nitrogens with one attached hydrogen (secondary N) is 1. The number of nitrogens with two attached hydrogens (primary N) is 2. The SMILES string of the molecule is NC[C@@H](NC(=O)c1ccc(-c2nc(C3CCOCC3)cnc2N)cc1F)c1cc(F)cc(Br)c1. The summed E-state index contributed by atoms with van der Waals surface area (Å²) >= 11 is 3.22. The average molecular weight is 532 g/mol. The molecule has 0 radical (unpaired) electrons. The summed E-state index contributed by atoms with van der Waals surface area (Å²) in [4.78, 5) is 21.7. The van der Waals surface area contributed by atoms with Crippen LogP contribution in [0.15, 0.2) is 47.1 Å². The molecule has 1 aromatic heterocycles. The Labute approximate surface area is 204 Å². The van der Waals surface area contributed by atoms with Gasteiger partial charge in [-0.2, -0.15) is 0 Å². The highest BCUT2D eigenvalue weighted by atomic mass is 79.9. The molecule has 3 aromatic rings. The summed E-state index contributed by atoms with van der Waals surface area (Å²) in [6.07, 6.45) is 3.30. The van der Waals surface area contributed by atoms with E-state index in [1.165, 1.54) is 24.3 Å². The molecule has 7 nitrogen and oxygen atoms in total. The molecule has 0 spiro atoms. The van der Waals surface area contributed by atoms with Gasteiger partial charge in [-0.05, 0) is 48.7 Å². The van der Waals surface area contributed by atoms with Crippen molar-refractivity contribution in [2.75, 3.05) is 25.5 Å². The largest absolute Gasteiger partial charge is 0.382 e. The zero-order valence-electron chi connectivity index (χ0n) is 18.2. The van der Waals surface area contributed by atoms with Gasteiger partial charge in [0.05, 0.1) is 23.5 Å². The van der Waals surface area contributed by atoms with Gasteiger partial charge >= 0.3 is 0 Å². The molecule has 1 fully saturated rings. The van der Waals surface area contributed by atoms with E-state index in [0.717, 1.165) is 18.5 Å². The molecule has 10 heteroatoms. The van der Waals surface area contributed by atoms with E-state index in [4.69, 9.17) is 16.2 Å². The monoisotopic (exact) mass is 531 g/mol. The van der Waals surface area contributed by atoms with Crippen LogP contribution < -0.4 is 16.8 Å². The van der Waals surface area contributed by atoms with Crippen molar-refractivity contribution < 1.29 is 18.3 Å². The zero-order valence-corrected chi connectivity index (χ0v) is 19.8. The molecular weight excluding hydrogens is 508 g/mol. The number of carbonyl (C=O) groups is 1. The molecule has 0 unspecified atom stereocenters. The molecule has 1 aliphatic heterocycles. The Morgan fingerprint density at radius 2 is 1.97 bits per heavy atom. The third-order valence-electron chi connectivity index (χ3n) is 5.77. The summed E-state index contributed by atoms with van der Waals surface area (Å²) in [7, 11) is 0. The van der Waals surface area contributed by atoms with Crippen LogP contribution in [0.3, 0.4) is 0 Å². The van der Waals surface area contributed by atoms with Crippen LogP contribution in [0, 0.1) is 11.6 Å². The van der Waals surface area contributed by atoms with Crippen molar-refractivity contribution in [2.24, 2.45) is 5.73 Å². The van der Waals surface area contributed by atoms with Crippen LogP contribution in [0.2, 0.25) is 0 Å². The predicted molar refractivity (Wildman–Crippen MR) is 128 cm³/mol. The molecule has 1 atom stereocenters. The maximum absolute atomic E-state index is 15.0. The Morgan fingerprint density at radius 1 is 1.21 bits per heavy atom. The van der Waals surface area contributed by atoms with E-state index < -0.39 is 23.6 Å². The Morgan fingerprint density at radius 3 is 2.65 bits per heavy atom. The summed E-state index contributed by atoms with van der Waals surface area (Å²) in [5.74, 6) is -1.52. The fourth-order valence-electron chi connectivity index (χ4n) is 3.95. The Kier molecular flexibility index (Phi) is 7.50. The number of benzene rings is 2. The van der Waals surface area contributed by atoms with Gasteiger partial charge in [-0.15, -0.1) is 0 Å². The van der Waals surface area contributed by atoms with Gasteiger partial charge in [0, 0.05) is 35.7 Å². The topological polar surface area (TPSA) is 116 Å². The van der Waals surface area contributed by atoms with Gasteiger partial charge in [0.2, 0.25) is 0 Å². The first-order valence-corrected chi connectivity index (χ1v) is 11.6. The Bertz CT molecular complexity index is 1180. The molecule has 4 rings (SSSR count). The fourth-order valence-corrected chi connectivity index (χ4v) is 4.43. The second-order valence-electron chi connectivity index (χ2n) is 8.07. The first-order chi connectivity index (χ1) is 16.4. The average Bonchev–Trinajstić information content (AvgIpc) is 2.82. The molecule has 178 valence electrons. The van der Waals surface area contributed by atoms with Crippen molar-refractivity contribution >= 4 is 27.7 Å². The molecule has 2 aromatic carbocycles. The number of halogens is 3. The molecular formula is C24H24BrF2N5O2. The van der Waals surface area contributed by atoms with Crippen LogP contribution in [0.5, 0.6) is 0 Å². The summed E-state index contributed by atoms with van der Waals surface area (Å²) in [5, 5.41) is 2.66. The highest BCUT2D eigenvalue weighted by Gasteiger charge is 2.22. The summed E-state index contributed by atoms with van der Waals surface area (Å²) in [5.41, 5.74) is 13.6. The van der Waals surface area contributed by atoms with E-state index in [2.05, 4.69) is 31.2 Å². The van der Waals surface area contributed by atoms with Crippen LogP contribution in [-0.4, -0.2) is 35.6 Å². The second-order valence-corrected chi connectivity index (χ2v) is 8.99. The van der Waals surface area contributed by atoms with Gasteiger partial charge in [0.1, 0.15) is 23.1 Å². The molecule has 1 amide bonds. The molecule has 34 heavy (non-hydrogen) atoms. The molecule has 1 saturated heterocycles. The van der Waals surface area contributed by atoms with Gasteiger partial charge in [0.15, 0.2) is 0 Å². The number of anilines is 1. The first-order valence-electron chi connectivity index (χ1n) is 10.8. The smallest absolute Gasteiger partial charge is 0.254 e. The van der Waals surface area contributed by atoms with Crippen molar-refractivity contribution in [3.05, 3.63) is 75.5 Å². The van der Waals surface area contributed by atoms with E-state index >= 15 is 0 Å². The van der Waals surface area contributed by atoms with Gasteiger partial charge in [0.25, 0.3) is 5.91 Å². The van der Waals surface area contributed by atoms with E-state index in [0.29, 0.717) is 34.5 Å². The maximum Gasteiger partial charge on any atom is 0.254 e. The van der Waals surface area contributed by atoms with Crippen molar-refractivity contribution in [3.8, 4) is 11.3 Å². The summed E-state index contributed by atoms with van der Waals surface area (Å²) in [6.45, 7) is 1.31. The minimum Gasteiger partial charge on any atom is -0.382 e. The Hall–Kier alpha value is -2.95. The third kappa shape index (κ3) is 5.40.